The van der Waals surface area contributed by atoms with E-state index in [2.05, 4.69) is 5.32 Å². The van der Waals surface area contributed by atoms with Crippen molar-refractivity contribution >= 4 is 17.2 Å². The zero-order chi connectivity index (χ0) is 13.0. The summed E-state index contributed by atoms with van der Waals surface area (Å²) in [5.74, 6) is -0.00494. The van der Waals surface area contributed by atoms with Crippen LogP contribution in [0, 0.1) is 0 Å². The maximum atomic E-state index is 11.3. The van der Waals surface area contributed by atoms with Crippen LogP contribution in [0.4, 0.5) is 11.4 Å². The Kier molecular flexibility index (Phi) is 4.20. The minimum Gasteiger partial charge on any atom is -0.398 e. The van der Waals surface area contributed by atoms with Crippen molar-refractivity contribution in [2.45, 2.75) is 32.3 Å². The van der Waals surface area contributed by atoms with Crippen molar-refractivity contribution in [2.24, 2.45) is 0 Å². The third-order valence-corrected chi connectivity index (χ3v) is 3.24. The number of ketones is 1. The van der Waals surface area contributed by atoms with E-state index < -0.39 is 0 Å². The van der Waals surface area contributed by atoms with Gasteiger partial charge in [0.1, 0.15) is 0 Å². The monoisotopic (exact) mass is 248 g/mol. The van der Waals surface area contributed by atoms with Crippen molar-refractivity contribution in [1.29, 1.82) is 0 Å². The van der Waals surface area contributed by atoms with Gasteiger partial charge in [0.25, 0.3) is 0 Å². The number of rotatable bonds is 4. The number of hydrogen-bond acceptors (Lipinski definition) is 4. The smallest absolute Gasteiger partial charge is 0.161 e. The third-order valence-electron chi connectivity index (χ3n) is 3.24. The first kappa shape index (κ1) is 12.9. The normalized spacial score (nSPS) is 19.5. The molecule has 1 atom stereocenters. The number of hydrogen-bond donors (Lipinski definition) is 2. The number of benzene rings is 1. The molecule has 0 aliphatic carbocycles. The van der Waals surface area contributed by atoms with Gasteiger partial charge in [0.15, 0.2) is 5.78 Å². The summed E-state index contributed by atoms with van der Waals surface area (Å²) >= 11 is 0. The molecular formula is C14H20N2O2. The fourth-order valence-electron chi connectivity index (χ4n) is 2.19. The van der Waals surface area contributed by atoms with Gasteiger partial charge >= 0.3 is 0 Å². The second-order valence-electron chi connectivity index (χ2n) is 4.73. The van der Waals surface area contributed by atoms with Gasteiger partial charge in [-0.2, -0.15) is 0 Å². The van der Waals surface area contributed by atoms with Crippen molar-refractivity contribution in [3.63, 3.8) is 0 Å². The second-order valence-corrected chi connectivity index (χ2v) is 4.73. The zero-order valence-corrected chi connectivity index (χ0v) is 10.7. The number of ether oxygens (including phenoxy) is 1. The highest BCUT2D eigenvalue weighted by atomic mass is 16.5. The van der Waals surface area contributed by atoms with Gasteiger partial charge in [-0.15, -0.1) is 0 Å². The number of nitrogens with two attached hydrogens (primary N) is 1. The topological polar surface area (TPSA) is 64.3 Å². The van der Waals surface area contributed by atoms with Crippen LogP contribution in [0.5, 0.6) is 0 Å². The van der Waals surface area contributed by atoms with Crippen LogP contribution in [0.2, 0.25) is 0 Å². The first-order valence-electron chi connectivity index (χ1n) is 6.43. The highest BCUT2D eigenvalue weighted by Crippen LogP contribution is 2.19. The molecule has 0 amide bonds. The predicted octanol–water partition coefficient (Wildman–Crippen LogP) is 2.45. The molecule has 1 aromatic carbocycles. The van der Waals surface area contributed by atoms with Crippen molar-refractivity contribution < 1.29 is 9.53 Å². The van der Waals surface area contributed by atoms with E-state index in [4.69, 9.17) is 10.5 Å². The van der Waals surface area contributed by atoms with Crippen molar-refractivity contribution in [3.05, 3.63) is 23.8 Å². The molecule has 0 saturated carbocycles. The number of nitrogens with one attached hydrogen (secondary N) is 1. The summed E-state index contributed by atoms with van der Waals surface area (Å²) in [5, 5.41) is 3.31. The molecule has 0 aromatic heterocycles. The van der Waals surface area contributed by atoms with E-state index in [1.165, 1.54) is 13.3 Å². The van der Waals surface area contributed by atoms with E-state index in [0.29, 0.717) is 11.3 Å². The minimum absolute atomic E-state index is 0.00494. The molecule has 0 bridgehead atoms. The van der Waals surface area contributed by atoms with Crippen LogP contribution in [0.3, 0.4) is 0 Å². The first-order chi connectivity index (χ1) is 8.66. The number of carbonyl (C=O) groups is 1. The van der Waals surface area contributed by atoms with Crippen LogP contribution >= 0.6 is 0 Å². The summed E-state index contributed by atoms with van der Waals surface area (Å²) in [6, 6.07) is 5.46. The predicted molar refractivity (Wildman–Crippen MR) is 72.9 cm³/mol. The number of anilines is 2. The molecule has 1 fully saturated rings. The quantitative estimate of drug-likeness (QED) is 0.634. The fourth-order valence-corrected chi connectivity index (χ4v) is 2.19. The van der Waals surface area contributed by atoms with Gasteiger partial charge in [0.2, 0.25) is 0 Å². The Balaban J connectivity index is 1.93. The van der Waals surface area contributed by atoms with Crippen molar-refractivity contribution in [1.82, 2.24) is 0 Å². The van der Waals surface area contributed by atoms with Crippen LogP contribution < -0.4 is 11.1 Å². The summed E-state index contributed by atoms with van der Waals surface area (Å²) < 4.78 is 5.64. The van der Waals surface area contributed by atoms with Gasteiger partial charge in [0, 0.05) is 30.1 Å². The summed E-state index contributed by atoms with van der Waals surface area (Å²) in [4.78, 5) is 11.3. The molecule has 3 N–H and O–H groups in total. The van der Waals surface area contributed by atoms with Crippen LogP contribution in [0.15, 0.2) is 18.2 Å². The van der Waals surface area contributed by atoms with E-state index in [1.807, 2.05) is 6.07 Å². The lowest BCUT2D eigenvalue weighted by atomic mass is 10.1. The van der Waals surface area contributed by atoms with Gasteiger partial charge in [0.05, 0.1) is 6.10 Å². The van der Waals surface area contributed by atoms with Gasteiger partial charge in [-0.05, 0) is 44.4 Å². The number of nitrogen functional groups attached to an aromatic ring is 1. The third kappa shape index (κ3) is 3.23. The van der Waals surface area contributed by atoms with Crippen LogP contribution in [0.25, 0.3) is 0 Å². The summed E-state index contributed by atoms with van der Waals surface area (Å²) in [6.07, 6.45) is 3.79. The Morgan fingerprint density at radius 3 is 2.94 bits per heavy atom. The molecule has 1 saturated heterocycles. The van der Waals surface area contributed by atoms with Crippen molar-refractivity contribution in [3.8, 4) is 0 Å². The molecule has 4 nitrogen and oxygen atoms in total. The van der Waals surface area contributed by atoms with E-state index in [0.717, 1.165) is 31.7 Å². The van der Waals surface area contributed by atoms with E-state index in [-0.39, 0.29) is 11.9 Å². The molecule has 1 unspecified atom stereocenters. The molecule has 0 radical (unpaired) electrons. The fraction of sp³-hybridized carbons (Fsp3) is 0.500. The average molecular weight is 248 g/mol. The maximum Gasteiger partial charge on any atom is 0.161 e. The molecule has 98 valence electrons. The molecule has 1 heterocycles. The molecule has 1 aromatic rings. The molecular weight excluding hydrogens is 228 g/mol. The highest BCUT2D eigenvalue weighted by Gasteiger charge is 2.13. The van der Waals surface area contributed by atoms with Gasteiger partial charge in [-0.3, -0.25) is 4.79 Å². The molecule has 2 rings (SSSR count). The van der Waals surface area contributed by atoms with Gasteiger partial charge < -0.3 is 15.8 Å². The van der Waals surface area contributed by atoms with Crippen molar-refractivity contribution in [2.75, 3.05) is 24.2 Å². The Bertz CT molecular complexity index is 426. The minimum atomic E-state index is -0.00494. The number of Topliss-reactive ketones (excluding diaryl/α,β-unsaturated/α-hetero) is 1. The molecule has 18 heavy (non-hydrogen) atoms. The standard InChI is InChI=1S/C14H20N2O2/c1-10(17)13-6-5-11(8-14(13)15)16-9-12-4-2-3-7-18-12/h5-6,8,12,16H,2-4,7,9,15H2,1H3. The van der Waals surface area contributed by atoms with E-state index in [9.17, 15) is 4.79 Å². The van der Waals surface area contributed by atoms with Gasteiger partial charge in [-0.1, -0.05) is 0 Å². The number of carbonyl (C=O) groups excluding carboxylic acids is 1. The van der Waals surface area contributed by atoms with Crippen LogP contribution in [-0.2, 0) is 4.74 Å². The second kappa shape index (κ2) is 5.87. The Hall–Kier alpha value is -1.55. The van der Waals surface area contributed by atoms with Crippen LogP contribution in [-0.4, -0.2) is 25.0 Å². The molecule has 0 spiro atoms. The Morgan fingerprint density at radius 2 is 2.33 bits per heavy atom. The lowest BCUT2D eigenvalue weighted by molar-refractivity contribution is 0.0247. The van der Waals surface area contributed by atoms with Crippen LogP contribution in [0.1, 0.15) is 36.5 Å². The average Bonchev–Trinajstić information content (AvgIpc) is 2.37. The highest BCUT2D eigenvalue weighted by molar-refractivity contribution is 5.99. The Morgan fingerprint density at radius 1 is 1.50 bits per heavy atom. The zero-order valence-electron chi connectivity index (χ0n) is 10.7. The largest absolute Gasteiger partial charge is 0.398 e. The lowest BCUT2D eigenvalue weighted by Crippen LogP contribution is -2.27. The summed E-state index contributed by atoms with van der Waals surface area (Å²) in [7, 11) is 0. The Labute approximate surface area is 108 Å². The summed E-state index contributed by atoms with van der Waals surface area (Å²) in [6.45, 7) is 3.17. The van der Waals surface area contributed by atoms with E-state index in [1.54, 1.807) is 12.1 Å². The molecule has 1 aliphatic heterocycles. The molecule has 1 aliphatic rings. The lowest BCUT2D eigenvalue weighted by Gasteiger charge is -2.23. The maximum absolute atomic E-state index is 11.3. The summed E-state index contributed by atoms with van der Waals surface area (Å²) in [5.41, 5.74) is 7.88. The molecule has 4 heteroatoms. The SMILES string of the molecule is CC(=O)c1ccc(NCC2CCCCO2)cc1N. The van der Waals surface area contributed by atoms with Gasteiger partial charge in [-0.25, -0.2) is 0 Å². The van der Waals surface area contributed by atoms with E-state index >= 15 is 0 Å². The first-order valence-corrected chi connectivity index (χ1v) is 6.43.